The Balaban J connectivity index is 2.44. The number of rotatable bonds is 6. The summed E-state index contributed by atoms with van der Waals surface area (Å²) in [6, 6.07) is 0. The van der Waals surface area contributed by atoms with Crippen LogP contribution in [0.3, 0.4) is 0 Å². The second kappa shape index (κ2) is 6.49. The third-order valence-electron chi connectivity index (χ3n) is 3.04. The Hall–Kier alpha value is -2.22. The van der Waals surface area contributed by atoms with Crippen molar-refractivity contribution in [3.63, 3.8) is 0 Å². The van der Waals surface area contributed by atoms with Crippen molar-refractivity contribution in [3.05, 3.63) is 18.1 Å². The zero-order valence-electron chi connectivity index (χ0n) is 12.4. The van der Waals surface area contributed by atoms with Crippen LogP contribution in [0, 0.1) is 0 Å². The molecule has 0 spiro atoms. The first-order valence-corrected chi connectivity index (χ1v) is 6.84. The van der Waals surface area contributed by atoms with Crippen molar-refractivity contribution in [2.24, 2.45) is 7.05 Å². The van der Waals surface area contributed by atoms with E-state index in [9.17, 15) is 9.90 Å². The zero-order chi connectivity index (χ0) is 15.4. The molecule has 0 aliphatic carbocycles. The number of hydrogen-bond donors (Lipinski definition) is 1. The highest BCUT2D eigenvalue weighted by molar-refractivity contribution is 5.93. The van der Waals surface area contributed by atoms with Gasteiger partial charge in [-0.15, -0.1) is 5.10 Å². The fraction of sp³-hybridized carbons (Fsp3) is 0.538. The van der Waals surface area contributed by atoms with E-state index >= 15 is 0 Å². The van der Waals surface area contributed by atoms with Crippen LogP contribution >= 0.6 is 0 Å². The summed E-state index contributed by atoms with van der Waals surface area (Å²) in [6.07, 6.45) is 3.41. The number of aliphatic hydroxyl groups excluding tert-OH is 1. The zero-order valence-corrected chi connectivity index (χ0v) is 12.4. The van der Waals surface area contributed by atoms with Crippen LogP contribution in [0.4, 0.5) is 0 Å². The van der Waals surface area contributed by atoms with Gasteiger partial charge in [0.05, 0.1) is 25.5 Å². The number of ether oxygens (including phenoxy) is 1. The van der Waals surface area contributed by atoms with E-state index in [1.54, 1.807) is 31.0 Å². The lowest BCUT2D eigenvalue weighted by Crippen LogP contribution is -2.17. The predicted octanol–water partition coefficient (Wildman–Crippen LogP) is 0.626. The lowest BCUT2D eigenvalue weighted by atomic mass is 10.2. The van der Waals surface area contributed by atoms with Crippen LogP contribution in [-0.2, 0) is 18.3 Å². The number of esters is 1. The van der Waals surface area contributed by atoms with Crippen molar-refractivity contribution in [2.45, 2.75) is 32.9 Å². The van der Waals surface area contributed by atoms with Crippen molar-refractivity contribution >= 4 is 5.97 Å². The largest absolute Gasteiger partial charge is 0.461 e. The summed E-state index contributed by atoms with van der Waals surface area (Å²) < 4.78 is 8.13. The molecule has 2 aromatic rings. The van der Waals surface area contributed by atoms with Crippen LogP contribution in [0.15, 0.2) is 12.4 Å². The molecule has 0 aliphatic heterocycles. The van der Waals surface area contributed by atoms with Crippen LogP contribution in [0.1, 0.15) is 30.8 Å². The van der Waals surface area contributed by atoms with Gasteiger partial charge in [0.2, 0.25) is 0 Å². The standard InChI is InChI=1S/C13H19N5O3/c1-4-10(19)8-18-12(9-6-14-17(3)7-9)11(15-16-18)13(20)21-5-2/h6-7,10,19H,4-5,8H2,1-3H3. The number of aryl methyl sites for hydroxylation is 1. The third kappa shape index (κ3) is 3.27. The summed E-state index contributed by atoms with van der Waals surface area (Å²) in [5, 5.41) is 21.8. The second-order valence-electron chi connectivity index (χ2n) is 4.65. The molecule has 0 saturated carbocycles. The Bertz CT molecular complexity index is 619. The van der Waals surface area contributed by atoms with Gasteiger partial charge >= 0.3 is 5.97 Å². The smallest absolute Gasteiger partial charge is 0.361 e. The maximum atomic E-state index is 12.0. The first-order chi connectivity index (χ1) is 10.1. The lowest BCUT2D eigenvalue weighted by molar-refractivity contribution is 0.0520. The highest BCUT2D eigenvalue weighted by atomic mass is 16.5. The van der Waals surface area contributed by atoms with E-state index in [-0.39, 0.29) is 18.8 Å². The minimum Gasteiger partial charge on any atom is -0.461 e. The molecule has 1 unspecified atom stereocenters. The van der Waals surface area contributed by atoms with Crippen molar-refractivity contribution in [3.8, 4) is 11.3 Å². The summed E-state index contributed by atoms with van der Waals surface area (Å²) in [7, 11) is 1.78. The Kier molecular flexibility index (Phi) is 4.69. The van der Waals surface area contributed by atoms with Gasteiger partial charge in [-0.2, -0.15) is 5.10 Å². The molecular formula is C13H19N5O3. The Morgan fingerprint density at radius 3 is 2.81 bits per heavy atom. The van der Waals surface area contributed by atoms with Gasteiger partial charge in [0.25, 0.3) is 0 Å². The van der Waals surface area contributed by atoms with Crippen LogP contribution in [-0.4, -0.2) is 48.6 Å². The highest BCUT2D eigenvalue weighted by Gasteiger charge is 2.24. The van der Waals surface area contributed by atoms with Gasteiger partial charge in [-0.25, -0.2) is 9.48 Å². The molecule has 8 heteroatoms. The van der Waals surface area contributed by atoms with Crippen molar-refractivity contribution in [2.75, 3.05) is 6.61 Å². The molecule has 0 radical (unpaired) electrons. The molecule has 1 atom stereocenters. The predicted molar refractivity (Wildman–Crippen MR) is 74.5 cm³/mol. The van der Waals surface area contributed by atoms with E-state index in [2.05, 4.69) is 15.4 Å². The molecule has 0 bridgehead atoms. The summed E-state index contributed by atoms with van der Waals surface area (Å²) in [5.74, 6) is -0.534. The van der Waals surface area contributed by atoms with E-state index in [1.165, 1.54) is 4.68 Å². The molecular weight excluding hydrogens is 274 g/mol. The fourth-order valence-electron chi connectivity index (χ4n) is 1.94. The summed E-state index contributed by atoms with van der Waals surface area (Å²) in [5.41, 5.74) is 1.34. The van der Waals surface area contributed by atoms with Crippen LogP contribution in [0.5, 0.6) is 0 Å². The SMILES string of the molecule is CCOC(=O)c1nnn(CC(O)CC)c1-c1cnn(C)c1. The van der Waals surface area contributed by atoms with E-state index in [0.717, 1.165) is 0 Å². The van der Waals surface area contributed by atoms with E-state index in [4.69, 9.17) is 4.74 Å². The van der Waals surface area contributed by atoms with Gasteiger partial charge in [0.1, 0.15) is 5.69 Å². The second-order valence-corrected chi connectivity index (χ2v) is 4.65. The normalized spacial score (nSPS) is 12.4. The lowest BCUT2D eigenvalue weighted by Gasteiger charge is -2.10. The highest BCUT2D eigenvalue weighted by Crippen LogP contribution is 2.22. The number of carbonyl (C=O) groups excluding carboxylic acids is 1. The number of aliphatic hydroxyl groups is 1. The number of aromatic nitrogens is 5. The number of nitrogens with zero attached hydrogens (tertiary/aromatic N) is 5. The minimum atomic E-state index is -0.558. The molecule has 114 valence electrons. The van der Waals surface area contributed by atoms with Crippen LogP contribution in [0.25, 0.3) is 11.3 Å². The molecule has 0 saturated heterocycles. The molecule has 2 heterocycles. The number of hydrogen-bond acceptors (Lipinski definition) is 6. The average Bonchev–Trinajstić information content (AvgIpc) is 3.05. The quantitative estimate of drug-likeness (QED) is 0.785. The first kappa shape index (κ1) is 15.2. The molecule has 0 aliphatic rings. The van der Waals surface area contributed by atoms with E-state index < -0.39 is 12.1 Å². The van der Waals surface area contributed by atoms with E-state index in [1.807, 2.05) is 6.92 Å². The van der Waals surface area contributed by atoms with Gasteiger partial charge in [-0.3, -0.25) is 4.68 Å². The maximum absolute atomic E-state index is 12.0. The minimum absolute atomic E-state index is 0.133. The summed E-state index contributed by atoms with van der Waals surface area (Å²) in [6.45, 7) is 4.12. The Morgan fingerprint density at radius 2 is 2.24 bits per heavy atom. The van der Waals surface area contributed by atoms with Crippen LogP contribution < -0.4 is 0 Å². The van der Waals surface area contributed by atoms with Gasteiger partial charge in [0, 0.05) is 18.8 Å². The van der Waals surface area contributed by atoms with Gasteiger partial charge in [-0.05, 0) is 13.3 Å². The molecule has 21 heavy (non-hydrogen) atoms. The Morgan fingerprint density at radius 1 is 1.48 bits per heavy atom. The monoisotopic (exact) mass is 293 g/mol. The van der Waals surface area contributed by atoms with E-state index in [0.29, 0.717) is 17.7 Å². The fourth-order valence-corrected chi connectivity index (χ4v) is 1.94. The van der Waals surface area contributed by atoms with Crippen molar-refractivity contribution < 1.29 is 14.6 Å². The topological polar surface area (TPSA) is 95.1 Å². The summed E-state index contributed by atoms with van der Waals surface area (Å²) in [4.78, 5) is 12.0. The van der Waals surface area contributed by atoms with Gasteiger partial charge in [-0.1, -0.05) is 12.1 Å². The molecule has 2 aromatic heterocycles. The molecule has 1 N–H and O–H groups in total. The molecule has 0 fully saturated rings. The molecule has 2 rings (SSSR count). The number of carbonyl (C=O) groups is 1. The maximum Gasteiger partial charge on any atom is 0.361 e. The van der Waals surface area contributed by atoms with Gasteiger partial charge < -0.3 is 9.84 Å². The summed E-state index contributed by atoms with van der Waals surface area (Å²) >= 11 is 0. The molecule has 8 nitrogen and oxygen atoms in total. The Labute approximate surface area is 122 Å². The first-order valence-electron chi connectivity index (χ1n) is 6.84. The van der Waals surface area contributed by atoms with Gasteiger partial charge in [0.15, 0.2) is 5.69 Å². The van der Waals surface area contributed by atoms with Crippen molar-refractivity contribution in [1.29, 1.82) is 0 Å². The van der Waals surface area contributed by atoms with Crippen molar-refractivity contribution in [1.82, 2.24) is 24.8 Å². The molecule has 0 amide bonds. The van der Waals surface area contributed by atoms with Crippen LogP contribution in [0.2, 0.25) is 0 Å². The molecule has 0 aromatic carbocycles. The third-order valence-corrected chi connectivity index (χ3v) is 3.04. The average molecular weight is 293 g/mol.